The van der Waals surface area contributed by atoms with Crippen LogP contribution < -0.4 is 5.32 Å². The first-order chi connectivity index (χ1) is 10.3. The first kappa shape index (κ1) is 13.8. The Kier molecular flexibility index (Phi) is 3.96. The Morgan fingerprint density at radius 1 is 1.38 bits per heavy atom. The number of nitrogens with one attached hydrogen (secondary N) is 1. The number of aromatic nitrogens is 3. The lowest BCUT2D eigenvalue weighted by molar-refractivity contribution is -0.119. The summed E-state index contributed by atoms with van der Waals surface area (Å²) < 4.78 is 1.63. The fourth-order valence-corrected chi connectivity index (χ4v) is 2.59. The van der Waals surface area contributed by atoms with Crippen molar-refractivity contribution in [3.8, 4) is 0 Å². The van der Waals surface area contributed by atoms with Gasteiger partial charge in [-0.25, -0.2) is 4.68 Å². The zero-order valence-electron chi connectivity index (χ0n) is 11.7. The van der Waals surface area contributed by atoms with Crippen LogP contribution in [0.25, 0.3) is 0 Å². The summed E-state index contributed by atoms with van der Waals surface area (Å²) in [7, 11) is 0. The molecular weight excluding hydrogens is 268 g/mol. The largest absolute Gasteiger partial charge is 0.396 e. The van der Waals surface area contributed by atoms with Crippen molar-refractivity contribution in [2.75, 3.05) is 11.9 Å². The zero-order chi connectivity index (χ0) is 14.7. The molecule has 110 valence electrons. The number of aliphatic hydroxyl groups excluding tert-OH is 1. The summed E-state index contributed by atoms with van der Waals surface area (Å²) in [6.45, 7) is 0.131. The highest BCUT2D eigenvalue weighted by Gasteiger charge is 2.25. The molecule has 0 bridgehead atoms. The van der Waals surface area contributed by atoms with Gasteiger partial charge in [-0.3, -0.25) is 4.79 Å². The number of carbonyl (C=O) groups excluding carboxylic acids is 1. The van der Waals surface area contributed by atoms with Crippen LogP contribution >= 0.6 is 0 Å². The summed E-state index contributed by atoms with van der Waals surface area (Å²) in [5.41, 5.74) is 2.83. The summed E-state index contributed by atoms with van der Waals surface area (Å²) >= 11 is 0. The number of hydrogen-bond donors (Lipinski definition) is 2. The molecular formula is C15H18N4O2. The summed E-state index contributed by atoms with van der Waals surface area (Å²) in [5.74, 6) is -0.0569. The lowest BCUT2D eigenvalue weighted by Crippen LogP contribution is -2.25. The number of nitrogens with zero attached hydrogens (tertiary/aromatic N) is 3. The molecule has 2 N–H and O–H groups in total. The molecule has 1 aromatic heterocycles. The molecule has 0 saturated heterocycles. The quantitative estimate of drug-likeness (QED) is 0.888. The van der Waals surface area contributed by atoms with Crippen molar-refractivity contribution in [1.29, 1.82) is 0 Å². The molecule has 1 aromatic carbocycles. The first-order valence-electron chi connectivity index (χ1n) is 7.18. The molecule has 6 nitrogen and oxygen atoms in total. The number of carbonyl (C=O) groups is 1. The SMILES string of the molecule is O=C1Nc2ccccc2CCC1n1cc(CCCO)nn1. The molecule has 6 heteroatoms. The van der Waals surface area contributed by atoms with Gasteiger partial charge in [-0.1, -0.05) is 23.4 Å². The minimum Gasteiger partial charge on any atom is -0.396 e. The Hall–Kier alpha value is -2.21. The van der Waals surface area contributed by atoms with Crippen LogP contribution in [0.4, 0.5) is 5.69 Å². The van der Waals surface area contributed by atoms with Crippen LogP contribution in [0, 0.1) is 0 Å². The van der Waals surface area contributed by atoms with Crippen molar-refractivity contribution in [3.63, 3.8) is 0 Å². The molecule has 2 aromatic rings. The smallest absolute Gasteiger partial charge is 0.249 e. The van der Waals surface area contributed by atoms with E-state index >= 15 is 0 Å². The van der Waals surface area contributed by atoms with E-state index in [1.165, 1.54) is 0 Å². The highest BCUT2D eigenvalue weighted by molar-refractivity contribution is 5.95. The van der Waals surface area contributed by atoms with E-state index in [4.69, 9.17) is 5.11 Å². The molecule has 2 heterocycles. The third kappa shape index (κ3) is 2.95. The maximum atomic E-state index is 12.4. The van der Waals surface area contributed by atoms with Crippen LogP contribution in [0.3, 0.4) is 0 Å². The first-order valence-corrected chi connectivity index (χ1v) is 7.18. The van der Waals surface area contributed by atoms with Crippen LogP contribution in [0.2, 0.25) is 0 Å². The summed E-state index contributed by atoms with van der Waals surface area (Å²) in [6, 6.07) is 7.51. The van der Waals surface area contributed by atoms with E-state index in [1.54, 1.807) is 10.9 Å². The molecule has 0 saturated carbocycles. The van der Waals surface area contributed by atoms with Crippen molar-refractivity contribution in [1.82, 2.24) is 15.0 Å². The summed E-state index contributed by atoms with van der Waals surface area (Å²) in [6.07, 6.45) is 4.65. The normalized spacial score (nSPS) is 18.0. The van der Waals surface area contributed by atoms with Gasteiger partial charge in [0.25, 0.3) is 0 Å². The van der Waals surface area contributed by atoms with Gasteiger partial charge in [0.1, 0.15) is 6.04 Å². The molecule has 21 heavy (non-hydrogen) atoms. The highest BCUT2D eigenvalue weighted by atomic mass is 16.2. The fraction of sp³-hybridized carbons (Fsp3) is 0.400. The number of aryl methyl sites for hydroxylation is 2. The minimum atomic E-state index is -0.340. The number of para-hydroxylation sites is 1. The standard InChI is InChI=1S/C15H18N4O2/c20-9-3-5-12-10-19(18-17-12)14-8-7-11-4-1-2-6-13(11)16-15(14)21/h1-2,4,6,10,14,20H,3,5,7-9H2,(H,16,21). The van der Waals surface area contributed by atoms with Gasteiger partial charge in [0.2, 0.25) is 5.91 Å². The second-order valence-corrected chi connectivity index (χ2v) is 5.22. The number of rotatable bonds is 4. The lowest BCUT2D eigenvalue weighted by atomic mass is 10.1. The molecule has 1 unspecified atom stereocenters. The van der Waals surface area contributed by atoms with Crippen molar-refractivity contribution < 1.29 is 9.90 Å². The maximum Gasteiger partial charge on any atom is 0.249 e. The molecule has 1 amide bonds. The highest BCUT2D eigenvalue weighted by Crippen LogP contribution is 2.26. The zero-order valence-corrected chi connectivity index (χ0v) is 11.7. The molecule has 3 rings (SSSR count). The lowest BCUT2D eigenvalue weighted by Gasteiger charge is -2.12. The van der Waals surface area contributed by atoms with Crippen LogP contribution in [-0.4, -0.2) is 32.6 Å². The van der Waals surface area contributed by atoms with Crippen molar-refractivity contribution in [2.45, 2.75) is 31.7 Å². The Bertz CT molecular complexity index is 638. The van der Waals surface area contributed by atoms with Gasteiger partial charge >= 0.3 is 0 Å². The monoisotopic (exact) mass is 286 g/mol. The number of amides is 1. The molecule has 0 radical (unpaired) electrons. The average molecular weight is 286 g/mol. The van der Waals surface area contributed by atoms with Crippen molar-refractivity contribution >= 4 is 11.6 Å². The Balaban J connectivity index is 1.77. The van der Waals surface area contributed by atoms with E-state index in [0.717, 1.165) is 23.4 Å². The second kappa shape index (κ2) is 6.05. The number of anilines is 1. The van der Waals surface area contributed by atoms with Crippen LogP contribution in [-0.2, 0) is 17.6 Å². The molecule has 1 aliphatic heterocycles. The second-order valence-electron chi connectivity index (χ2n) is 5.22. The maximum absolute atomic E-state index is 12.4. The number of benzene rings is 1. The fourth-order valence-electron chi connectivity index (χ4n) is 2.59. The van der Waals surface area contributed by atoms with E-state index in [1.807, 2.05) is 24.3 Å². The van der Waals surface area contributed by atoms with Crippen LogP contribution in [0.1, 0.15) is 30.1 Å². The molecule has 0 spiro atoms. The van der Waals surface area contributed by atoms with Crippen molar-refractivity contribution in [2.24, 2.45) is 0 Å². The van der Waals surface area contributed by atoms with Gasteiger partial charge < -0.3 is 10.4 Å². The Morgan fingerprint density at radius 3 is 3.10 bits per heavy atom. The van der Waals surface area contributed by atoms with Gasteiger partial charge in [0.15, 0.2) is 0 Å². The molecule has 0 aliphatic carbocycles. The third-order valence-electron chi connectivity index (χ3n) is 3.73. The number of hydrogen-bond acceptors (Lipinski definition) is 4. The van der Waals surface area contributed by atoms with Gasteiger partial charge in [0.05, 0.1) is 5.69 Å². The van der Waals surface area contributed by atoms with Gasteiger partial charge in [-0.15, -0.1) is 5.10 Å². The average Bonchev–Trinajstić information content (AvgIpc) is 2.88. The van der Waals surface area contributed by atoms with Crippen molar-refractivity contribution in [3.05, 3.63) is 41.7 Å². The van der Waals surface area contributed by atoms with E-state index in [9.17, 15) is 4.79 Å². The summed E-state index contributed by atoms with van der Waals surface area (Å²) in [4.78, 5) is 12.4. The van der Waals surface area contributed by atoms with E-state index in [2.05, 4.69) is 15.6 Å². The predicted octanol–water partition coefficient (Wildman–Crippen LogP) is 1.33. The van der Waals surface area contributed by atoms with Gasteiger partial charge in [-0.2, -0.15) is 0 Å². The van der Waals surface area contributed by atoms with E-state index in [0.29, 0.717) is 19.3 Å². The molecule has 1 aliphatic rings. The van der Waals surface area contributed by atoms with E-state index in [-0.39, 0.29) is 18.6 Å². The number of aliphatic hydroxyl groups is 1. The van der Waals surface area contributed by atoms with Crippen LogP contribution in [0.15, 0.2) is 30.5 Å². The molecule has 0 fully saturated rings. The number of fused-ring (bicyclic) bond motifs is 1. The van der Waals surface area contributed by atoms with Gasteiger partial charge in [-0.05, 0) is 37.3 Å². The summed E-state index contributed by atoms with van der Waals surface area (Å²) in [5, 5.41) is 19.9. The van der Waals surface area contributed by atoms with Crippen LogP contribution in [0.5, 0.6) is 0 Å². The Labute approximate surface area is 122 Å². The Morgan fingerprint density at radius 2 is 2.24 bits per heavy atom. The van der Waals surface area contributed by atoms with E-state index < -0.39 is 0 Å². The topological polar surface area (TPSA) is 80.0 Å². The van der Waals surface area contributed by atoms with Gasteiger partial charge in [0, 0.05) is 18.5 Å². The molecule has 1 atom stereocenters. The third-order valence-corrected chi connectivity index (χ3v) is 3.73. The predicted molar refractivity (Wildman–Crippen MR) is 77.9 cm³/mol. The minimum absolute atomic E-state index is 0.0569.